The number of aromatic nitrogens is 4. The van der Waals surface area contributed by atoms with Gasteiger partial charge in [0.1, 0.15) is 0 Å². The normalized spacial score (nSPS) is 10.8. The standard InChI is InChI=1S/C14H14N4OS/c1-20-10-13-16-14(19-17-13)12-5-2-4-11(8-12)9-18-7-3-6-15-18/h2-8H,9-10H2,1H3. The molecule has 3 rings (SSSR count). The molecule has 0 aliphatic heterocycles. The van der Waals surface area contributed by atoms with Crippen molar-refractivity contribution in [1.82, 2.24) is 19.9 Å². The molecule has 0 aliphatic rings. The Labute approximate surface area is 121 Å². The lowest BCUT2D eigenvalue weighted by Gasteiger charge is -2.03. The van der Waals surface area contributed by atoms with Crippen LogP contribution in [0.15, 0.2) is 47.2 Å². The molecule has 0 spiro atoms. The highest BCUT2D eigenvalue weighted by Gasteiger charge is 2.09. The third kappa shape index (κ3) is 2.91. The van der Waals surface area contributed by atoms with Gasteiger partial charge in [-0.25, -0.2) is 0 Å². The van der Waals surface area contributed by atoms with Crippen LogP contribution in [0.5, 0.6) is 0 Å². The zero-order valence-electron chi connectivity index (χ0n) is 11.1. The summed E-state index contributed by atoms with van der Waals surface area (Å²) in [7, 11) is 0. The maximum absolute atomic E-state index is 5.30. The first-order valence-corrected chi connectivity index (χ1v) is 7.63. The van der Waals surface area contributed by atoms with Crippen molar-refractivity contribution in [2.45, 2.75) is 12.3 Å². The smallest absolute Gasteiger partial charge is 0.257 e. The summed E-state index contributed by atoms with van der Waals surface area (Å²) in [6.07, 6.45) is 5.73. The molecular weight excluding hydrogens is 272 g/mol. The van der Waals surface area contributed by atoms with E-state index in [1.54, 1.807) is 18.0 Å². The van der Waals surface area contributed by atoms with Crippen LogP contribution in [-0.4, -0.2) is 26.2 Å². The Hall–Kier alpha value is -2.08. The molecule has 5 nitrogen and oxygen atoms in total. The molecule has 0 N–H and O–H groups in total. The van der Waals surface area contributed by atoms with E-state index < -0.39 is 0 Å². The van der Waals surface area contributed by atoms with Crippen LogP contribution in [0.25, 0.3) is 11.5 Å². The monoisotopic (exact) mass is 286 g/mol. The van der Waals surface area contributed by atoms with Gasteiger partial charge >= 0.3 is 0 Å². The van der Waals surface area contributed by atoms with E-state index in [0.717, 1.165) is 29.2 Å². The Balaban J connectivity index is 1.82. The van der Waals surface area contributed by atoms with Crippen LogP contribution < -0.4 is 0 Å². The van der Waals surface area contributed by atoms with E-state index in [0.29, 0.717) is 5.89 Å². The fraction of sp³-hybridized carbons (Fsp3) is 0.214. The summed E-state index contributed by atoms with van der Waals surface area (Å²) >= 11 is 1.67. The average molecular weight is 286 g/mol. The van der Waals surface area contributed by atoms with Gasteiger partial charge in [0.15, 0.2) is 5.82 Å². The number of thioether (sulfide) groups is 1. The Kier molecular flexibility index (Phi) is 3.83. The number of nitrogens with zero attached hydrogens (tertiary/aromatic N) is 4. The second kappa shape index (κ2) is 5.92. The van der Waals surface area contributed by atoms with Crippen molar-refractivity contribution >= 4 is 11.8 Å². The maximum Gasteiger partial charge on any atom is 0.257 e. The molecular formula is C14H14N4OS. The van der Waals surface area contributed by atoms with Crippen molar-refractivity contribution in [3.8, 4) is 11.5 Å². The van der Waals surface area contributed by atoms with Crippen LogP contribution in [-0.2, 0) is 12.3 Å². The summed E-state index contributed by atoms with van der Waals surface area (Å²) in [5.74, 6) is 2.05. The molecule has 2 aromatic heterocycles. The van der Waals surface area contributed by atoms with Gasteiger partial charge in [0.05, 0.1) is 12.3 Å². The molecule has 0 aliphatic carbocycles. The molecule has 0 atom stereocenters. The molecule has 102 valence electrons. The number of rotatable bonds is 5. The minimum atomic E-state index is 0.566. The number of hydrogen-bond donors (Lipinski definition) is 0. The molecule has 6 heteroatoms. The van der Waals surface area contributed by atoms with Gasteiger partial charge in [0.2, 0.25) is 0 Å². The lowest BCUT2D eigenvalue weighted by molar-refractivity contribution is 0.425. The van der Waals surface area contributed by atoms with Crippen molar-refractivity contribution < 1.29 is 4.52 Å². The van der Waals surface area contributed by atoms with Gasteiger partial charge in [0, 0.05) is 18.0 Å². The molecule has 0 radical (unpaired) electrons. The summed E-state index contributed by atoms with van der Waals surface area (Å²) in [5.41, 5.74) is 2.09. The molecule has 3 aromatic rings. The summed E-state index contributed by atoms with van der Waals surface area (Å²) < 4.78 is 7.18. The van der Waals surface area contributed by atoms with E-state index in [1.807, 2.05) is 35.3 Å². The van der Waals surface area contributed by atoms with Crippen LogP contribution in [0.3, 0.4) is 0 Å². The third-order valence-electron chi connectivity index (χ3n) is 2.82. The van der Waals surface area contributed by atoms with Gasteiger partial charge in [-0.3, -0.25) is 4.68 Å². The molecule has 2 heterocycles. The van der Waals surface area contributed by atoms with Gasteiger partial charge in [0.25, 0.3) is 5.89 Å². The summed E-state index contributed by atoms with van der Waals surface area (Å²) in [6, 6.07) is 9.99. The van der Waals surface area contributed by atoms with Crippen LogP contribution in [0.1, 0.15) is 11.4 Å². The van der Waals surface area contributed by atoms with Crippen LogP contribution >= 0.6 is 11.8 Å². The topological polar surface area (TPSA) is 56.7 Å². The molecule has 0 unspecified atom stereocenters. The lowest BCUT2D eigenvalue weighted by Crippen LogP contribution is -1.99. The fourth-order valence-electron chi connectivity index (χ4n) is 1.94. The van der Waals surface area contributed by atoms with Crippen molar-refractivity contribution in [3.63, 3.8) is 0 Å². The highest BCUT2D eigenvalue weighted by Crippen LogP contribution is 2.20. The van der Waals surface area contributed by atoms with E-state index in [2.05, 4.69) is 27.4 Å². The van der Waals surface area contributed by atoms with Crippen molar-refractivity contribution in [2.24, 2.45) is 0 Å². The zero-order valence-corrected chi connectivity index (χ0v) is 11.9. The zero-order chi connectivity index (χ0) is 13.8. The first-order valence-electron chi connectivity index (χ1n) is 6.23. The lowest BCUT2D eigenvalue weighted by atomic mass is 10.1. The Morgan fingerprint density at radius 3 is 3.05 bits per heavy atom. The van der Waals surface area contributed by atoms with Gasteiger partial charge in [-0.2, -0.15) is 21.8 Å². The van der Waals surface area contributed by atoms with Gasteiger partial charge in [-0.15, -0.1) is 0 Å². The predicted molar refractivity (Wildman–Crippen MR) is 78.3 cm³/mol. The largest absolute Gasteiger partial charge is 0.334 e. The fourth-order valence-corrected chi connectivity index (χ4v) is 2.32. The molecule has 0 bridgehead atoms. The predicted octanol–water partition coefficient (Wildman–Crippen LogP) is 2.84. The van der Waals surface area contributed by atoms with E-state index in [4.69, 9.17) is 4.52 Å². The van der Waals surface area contributed by atoms with Gasteiger partial charge < -0.3 is 4.52 Å². The van der Waals surface area contributed by atoms with E-state index in [-0.39, 0.29) is 0 Å². The number of benzene rings is 1. The first kappa shape index (κ1) is 12.9. The second-order valence-electron chi connectivity index (χ2n) is 4.35. The van der Waals surface area contributed by atoms with E-state index >= 15 is 0 Å². The molecule has 0 amide bonds. The van der Waals surface area contributed by atoms with Crippen molar-refractivity contribution in [1.29, 1.82) is 0 Å². The van der Waals surface area contributed by atoms with Crippen LogP contribution in [0.2, 0.25) is 0 Å². The minimum Gasteiger partial charge on any atom is -0.334 e. The Morgan fingerprint density at radius 2 is 2.25 bits per heavy atom. The quantitative estimate of drug-likeness (QED) is 0.722. The van der Waals surface area contributed by atoms with Gasteiger partial charge in [-0.1, -0.05) is 17.3 Å². The molecule has 0 saturated carbocycles. The summed E-state index contributed by atoms with van der Waals surface area (Å²) in [4.78, 5) is 4.39. The minimum absolute atomic E-state index is 0.566. The highest BCUT2D eigenvalue weighted by atomic mass is 32.2. The van der Waals surface area contributed by atoms with Crippen molar-refractivity contribution in [2.75, 3.05) is 6.26 Å². The summed E-state index contributed by atoms with van der Waals surface area (Å²) in [6.45, 7) is 0.729. The molecule has 1 aromatic carbocycles. The van der Waals surface area contributed by atoms with Gasteiger partial charge in [-0.05, 0) is 30.0 Å². The number of hydrogen-bond acceptors (Lipinski definition) is 5. The Morgan fingerprint density at radius 1 is 1.30 bits per heavy atom. The van der Waals surface area contributed by atoms with Crippen molar-refractivity contribution in [3.05, 3.63) is 54.1 Å². The summed E-state index contributed by atoms with van der Waals surface area (Å²) in [5, 5.41) is 8.17. The molecule has 20 heavy (non-hydrogen) atoms. The Bertz CT molecular complexity index is 678. The highest BCUT2D eigenvalue weighted by molar-refractivity contribution is 7.97. The maximum atomic E-state index is 5.30. The van der Waals surface area contributed by atoms with E-state index in [9.17, 15) is 0 Å². The third-order valence-corrected chi connectivity index (χ3v) is 3.37. The van der Waals surface area contributed by atoms with Crippen LogP contribution in [0, 0.1) is 0 Å². The SMILES string of the molecule is CSCc1noc(-c2cccc(Cn3cccn3)c2)n1. The van der Waals surface area contributed by atoms with E-state index in [1.165, 1.54) is 0 Å². The molecule has 0 fully saturated rings. The molecule has 0 saturated heterocycles. The average Bonchev–Trinajstić information content (AvgIpc) is 3.11. The second-order valence-corrected chi connectivity index (χ2v) is 5.22. The van der Waals surface area contributed by atoms with Crippen LogP contribution in [0.4, 0.5) is 0 Å². The first-order chi connectivity index (χ1) is 9.85.